The van der Waals surface area contributed by atoms with E-state index in [0.29, 0.717) is 14.9 Å². The molecule has 6 heteroatoms. The SMILES string of the molecule is Cc1[nH]ncc1CCCNc1cc(F)c(I)cc1N. The molecule has 0 saturated heterocycles. The van der Waals surface area contributed by atoms with Crippen molar-refractivity contribution < 1.29 is 4.39 Å². The van der Waals surface area contributed by atoms with Gasteiger partial charge in [0.2, 0.25) is 0 Å². The minimum atomic E-state index is -0.247. The van der Waals surface area contributed by atoms with Crippen molar-refractivity contribution in [3.8, 4) is 0 Å². The maximum atomic E-state index is 13.4. The lowest BCUT2D eigenvalue weighted by atomic mass is 10.1. The molecule has 0 saturated carbocycles. The van der Waals surface area contributed by atoms with Crippen LogP contribution in [0.4, 0.5) is 15.8 Å². The Morgan fingerprint density at radius 2 is 2.26 bits per heavy atom. The molecule has 0 aliphatic heterocycles. The van der Waals surface area contributed by atoms with Crippen LogP contribution >= 0.6 is 22.6 Å². The predicted molar refractivity (Wildman–Crippen MR) is 83.7 cm³/mol. The van der Waals surface area contributed by atoms with E-state index in [0.717, 1.165) is 25.1 Å². The number of hydrogen-bond donors (Lipinski definition) is 3. The van der Waals surface area contributed by atoms with Crippen molar-refractivity contribution >= 4 is 34.0 Å². The molecule has 0 aliphatic carbocycles. The maximum Gasteiger partial charge on any atom is 0.138 e. The van der Waals surface area contributed by atoms with Crippen molar-refractivity contribution in [2.45, 2.75) is 19.8 Å². The van der Waals surface area contributed by atoms with Crippen LogP contribution in [0.5, 0.6) is 0 Å². The normalized spacial score (nSPS) is 10.7. The molecule has 2 rings (SSSR count). The molecule has 0 spiro atoms. The number of aryl methyl sites for hydroxylation is 2. The summed E-state index contributed by atoms with van der Waals surface area (Å²) in [4.78, 5) is 0. The monoisotopic (exact) mass is 374 g/mol. The third-order valence-electron chi connectivity index (χ3n) is 2.97. The number of nitrogens with two attached hydrogens (primary N) is 1. The van der Waals surface area contributed by atoms with Crippen LogP contribution < -0.4 is 11.1 Å². The molecule has 19 heavy (non-hydrogen) atoms. The summed E-state index contributed by atoms with van der Waals surface area (Å²) in [5, 5.41) is 10.1. The molecule has 4 nitrogen and oxygen atoms in total. The van der Waals surface area contributed by atoms with Gasteiger partial charge in [-0.3, -0.25) is 5.10 Å². The third kappa shape index (κ3) is 3.59. The van der Waals surface area contributed by atoms with Crippen molar-refractivity contribution in [3.63, 3.8) is 0 Å². The minimum Gasteiger partial charge on any atom is -0.397 e. The highest BCUT2D eigenvalue weighted by Crippen LogP contribution is 2.24. The Labute approximate surface area is 125 Å². The topological polar surface area (TPSA) is 66.7 Å². The molecule has 0 aliphatic rings. The van der Waals surface area contributed by atoms with Gasteiger partial charge in [0.15, 0.2) is 0 Å². The molecular weight excluding hydrogens is 358 g/mol. The Hall–Kier alpha value is -1.31. The van der Waals surface area contributed by atoms with Crippen LogP contribution in [0.2, 0.25) is 0 Å². The summed E-state index contributed by atoms with van der Waals surface area (Å²) in [6.45, 7) is 2.75. The van der Waals surface area contributed by atoms with Crippen molar-refractivity contribution in [1.82, 2.24) is 10.2 Å². The van der Waals surface area contributed by atoms with E-state index in [1.54, 1.807) is 6.07 Å². The number of nitrogens with one attached hydrogen (secondary N) is 2. The van der Waals surface area contributed by atoms with Gasteiger partial charge in [-0.2, -0.15) is 5.10 Å². The summed E-state index contributed by atoms with van der Waals surface area (Å²) in [6, 6.07) is 3.08. The van der Waals surface area contributed by atoms with E-state index in [-0.39, 0.29) is 5.82 Å². The summed E-state index contributed by atoms with van der Waals surface area (Å²) in [6.07, 6.45) is 3.71. The van der Waals surface area contributed by atoms with E-state index < -0.39 is 0 Å². The van der Waals surface area contributed by atoms with Gasteiger partial charge in [-0.05, 0) is 54.0 Å². The number of nitrogen functional groups attached to an aromatic ring is 1. The van der Waals surface area contributed by atoms with Gasteiger partial charge in [0, 0.05) is 18.3 Å². The number of anilines is 2. The molecule has 0 atom stereocenters. The number of hydrogen-bond acceptors (Lipinski definition) is 3. The van der Waals surface area contributed by atoms with Crippen LogP contribution in [0, 0.1) is 16.3 Å². The smallest absolute Gasteiger partial charge is 0.138 e. The van der Waals surface area contributed by atoms with Gasteiger partial charge < -0.3 is 11.1 Å². The van der Waals surface area contributed by atoms with Gasteiger partial charge in [0.1, 0.15) is 5.82 Å². The number of rotatable bonds is 5. The summed E-state index contributed by atoms with van der Waals surface area (Å²) in [5.41, 5.74) is 9.38. The van der Waals surface area contributed by atoms with E-state index >= 15 is 0 Å². The summed E-state index contributed by atoms with van der Waals surface area (Å²) < 4.78 is 14.0. The Bertz CT molecular complexity index is 568. The first-order chi connectivity index (χ1) is 9.08. The Kier molecular flexibility index (Phi) is 4.62. The maximum absolute atomic E-state index is 13.4. The van der Waals surface area contributed by atoms with Gasteiger partial charge in [0.25, 0.3) is 0 Å². The van der Waals surface area contributed by atoms with Gasteiger partial charge in [-0.25, -0.2) is 4.39 Å². The highest BCUT2D eigenvalue weighted by atomic mass is 127. The molecule has 0 unspecified atom stereocenters. The van der Waals surface area contributed by atoms with Crippen LogP contribution in [-0.2, 0) is 6.42 Å². The molecule has 0 fully saturated rings. The number of H-pyrrole nitrogens is 1. The fourth-order valence-electron chi connectivity index (χ4n) is 1.84. The fourth-order valence-corrected chi connectivity index (χ4v) is 2.34. The van der Waals surface area contributed by atoms with E-state index in [1.165, 1.54) is 11.6 Å². The van der Waals surface area contributed by atoms with Gasteiger partial charge >= 0.3 is 0 Å². The Morgan fingerprint density at radius 3 is 2.95 bits per heavy atom. The van der Waals surface area contributed by atoms with Crippen molar-refractivity contribution in [2.24, 2.45) is 0 Å². The molecular formula is C13H16FIN4. The average molecular weight is 374 g/mol. The first-order valence-corrected chi connectivity index (χ1v) is 7.13. The minimum absolute atomic E-state index is 0.247. The zero-order valence-corrected chi connectivity index (χ0v) is 12.8. The summed E-state index contributed by atoms with van der Waals surface area (Å²) in [7, 11) is 0. The fraction of sp³-hybridized carbons (Fsp3) is 0.308. The zero-order chi connectivity index (χ0) is 13.8. The molecule has 1 heterocycles. The molecule has 0 bridgehead atoms. The molecule has 0 radical (unpaired) electrons. The Balaban J connectivity index is 1.86. The second-order valence-electron chi connectivity index (χ2n) is 4.40. The van der Waals surface area contributed by atoms with Gasteiger partial charge in [0.05, 0.1) is 21.1 Å². The predicted octanol–water partition coefficient (Wildman–Crippen LogP) is 3.09. The molecule has 4 N–H and O–H groups in total. The van der Waals surface area contributed by atoms with Gasteiger partial charge in [-0.1, -0.05) is 0 Å². The number of benzene rings is 1. The van der Waals surface area contributed by atoms with Gasteiger partial charge in [-0.15, -0.1) is 0 Å². The number of aromatic nitrogens is 2. The first kappa shape index (κ1) is 14.1. The van der Waals surface area contributed by atoms with E-state index in [4.69, 9.17) is 5.73 Å². The van der Waals surface area contributed by atoms with Crippen LogP contribution in [0.3, 0.4) is 0 Å². The van der Waals surface area contributed by atoms with Crippen LogP contribution in [0.25, 0.3) is 0 Å². The lowest BCUT2D eigenvalue weighted by molar-refractivity contribution is 0.621. The van der Waals surface area contributed by atoms with E-state index in [1.807, 2.05) is 35.7 Å². The average Bonchev–Trinajstić information content (AvgIpc) is 2.77. The Morgan fingerprint density at radius 1 is 1.47 bits per heavy atom. The van der Waals surface area contributed by atoms with Crippen molar-refractivity contribution in [2.75, 3.05) is 17.6 Å². The second kappa shape index (κ2) is 6.23. The van der Waals surface area contributed by atoms with E-state index in [9.17, 15) is 4.39 Å². The summed E-state index contributed by atoms with van der Waals surface area (Å²) in [5.74, 6) is -0.247. The first-order valence-electron chi connectivity index (χ1n) is 6.05. The molecule has 0 amide bonds. The quantitative estimate of drug-likeness (QED) is 0.428. The number of nitrogens with zero attached hydrogens (tertiary/aromatic N) is 1. The zero-order valence-electron chi connectivity index (χ0n) is 10.6. The van der Waals surface area contributed by atoms with Crippen LogP contribution in [0.1, 0.15) is 17.7 Å². The lowest BCUT2D eigenvalue weighted by Gasteiger charge is -2.10. The standard InChI is InChI=1S/C13H16FIN4/c1-8-9(7-18-19-8)3-2-4-17-13-5-10(14)11(15)6-12(13)16/h5-7,17H,2-4,16H2,1H3,(H,18,19). The lowest BCUT2D eigenvalue weighted by Crippen LogP contribution is -2.06. The molecule has 2 aromatic rings. The van der Waals surface area contributed by atoms with Crippen molar-refractivity contribution in [1.29, 1.82) is 0 Å². The molecule has 102 valence electrons. The molecule has 1 aromatic heterocycles. The van der Waals surface area contributed by atoms with E-state index in [2.05, 4.69) is 15.5 Å². The van der Waals surface area contributed by atoms with Crippen molar-refractivity contribution in [3.05, 3.63) is 39.0 Å². The van der Waals surface area contributed by atoms with Crippen LogP contribution in [-0.4, -0.2) is 16.7 Å². The highest BCUT2D eigenvalue weighted by Gasteiger charge is 2.05. The number of aromatic amines is 1. The number of halogens is 2. The summed E-state index contributed by atoms with van der Waals surface area (Å²) >= 11 is 1.93. The largest absolute Gasteiger partial charge is 0.397 e. The van der Waals surface area contributed by atoms with Crippen LogP contribution in [0.15, 0.2) is 18.3 Å². The second-order valence-corrected chi connectivity index (χ2v) is 5.57. The third-order valence-corrected chi connectivity index (χ3v) is 3.79. The molecule has 1 aromatic carbocycles. The highest BCUT2D eigenvalue weighted by molar-refractivity contribution is 14.1.